The summed E-state index contributed by atoms with van der Waals surface area (Å²) in [4.78, 5) is 29.6. The predicted octanol–water partition coefficient (Wildman–Crippen LogP) is 2.57. The van der Waals surface area contributed by atoms with Crippen LogP contribution in [0.15, 0.2) is 52.6 Å². The van der Waals surface area contributed by atoms with Gasteiger partial charge in [0.15, 0.2) is 5.13 Å². The molecule has 2 amide bonds. The van der Waals surface area contributed by atoms with Crippen LogP contribution in [0.4, 0.5) is 5.13 Å². The van der Waals surface area contributed by atoms with Gasteiger partial charge in [-0.15, -0.1) is 11.3 Å². The number of nitrogens with zero attached hydrogens (tertiary/aromatic N) is 2. The normalized spacial score (nSPS) is 12.4. The number of ether oxygens (including phenoxy) is 1. The molecule has 3 rings (SSSR count). The smallest absolute Gasteiger partial charge is 0.253 e. The fourth-order valence-electron chi connectivity index (χ4n) is 2.61. The number of hydrogen-bond acceptors (Lipinski definition) is 7. The van der Waals surface area contributed by atoms with Crippen LogP contribution in [0.5, 0.6) is 0 Å². The molecule has 0 aliphatic heterocycles. The second-order valence-electron chi connectivity index (χ2n) is 6.51. The number of thiazole rings is 1. The van der Waals surface area contributed by atoms with Crippen molar-refractivity contribution in [2.24, 2.45) is 0 Å². The summed E-state index contributed by atoms with van der Waals surface area (Å²) in [5, 5.41) is 7.42. The summed E-state index contributed by atoms with van der Waals surface area (Å²) in [6.07, 6.45) is 3.46. The Morgan fingerprint density at radius 3 is 2.74 bits per heavy atom. The van der Waals surface area contributed by atoms with Crippen molar-refractivity contribution in [3.8, 4) is 11.3 Å². The summed E-state index contributed by atoms with van der Waals surface area (Å²) in [5.41, 5.74) is 1.70. The molecular weight excluding hydrogens is 508 g/mol. The molecule has 164 valence electrons. The zero-order valence-electron chi connectivity index (χ0n) is 16.5. The van der Waals surface area contributed by atoms with Gasteiger partial charge in [0.25, 0.3) is 11.8 Å². The molecule has 0 aliphatic carbocycles. The molecule has 0 bridgehead atoms. The molecule has 2 aromatic heterocycles. The average Bonchev–Trinajstić information content (AvgIpc) is 3.37. The number of aromatic nitrogens is 2. The Balaban J connectivity index is 1.69. The Morgan fingerprint density at radius 2 is 2.10 bits per heavy atom. The lowest BCUT2D eigenvalue weighted by atomic mass is 10.2. The molecular formula is C19H19BrN4O5S2. The molecule has 12 heteroatoms. The quantitative estimate of drug-likeness (QED) is 0.465. The van der Waals surface area contributed by atoms with E-state index in [1.807, 2.05) is 29.6 Å². The lowest BCUT2D eigenvalue weighted by molar-refractivity contribution is -0.119. The van der Waals surface area contributed by atoms with Gasteiger partial charge in [-0.25, -0.2) is 13.4 Å². The number of carbonyl (C=O) groups is 2. The van der Waals surface area contributed by atoms with Crippen molar-refractivity contribution in [1.29, 1.82) is 0 Å². The summed E-state index contributed by atoms with van der Waals surface area (Å²) in [6.45, 7) is -0.0752. The van der Waals surface area contributed by atoms with Gasteiger partial charge in [0.2, 0.25) is 10.0 Å². The molecule has 0 saturated carbocycles. The monoisotopic (exact) mass is 526 g/mol. The van der Waals surface area contributed by atoms with E-state index in [1.54, 1.807) is 0 Å². The molecule has 9 nitrogen and oxygen atoms in total. The second kappa shape index (κ2) is 9.73. The van der Waals surface area contributed by atoms with Crippen LogP contribution in [-0.4, -0.2) is 55.2 Å². The Hall–Kier alpha value is -2.54. The fourth-order valence-corrected chi connectivity index (χ4v) is 4.32. The second-order valence-corrected chi connectivity index (χ2v) is 10.2. The highest BCUT2D eigenvalue weighted by molar-refractivity contribution is 9.10. The SMILES string of the molecule is COCC(NC(=O)c1ccn(S(C)(=O)=O)c1)C(=O)Nc1nc(-c2cccc(Br)c2)cs1. The Bertz CT molecular complexity index is 1210. The van der Waals surface area contributed by atoms with Gasteiger partial charge in [0, 0.05) is 34.9 Å². The van der Waals surface area contributed by atoms with Crippen LogP contribution in [0.1, 0.15) is 10.4 Å². The molecule has 1 aromatic carbocycles. The van der Waals surface area contributed by atoms with Crippen molar-refractivity contribution < 1.29 is 22.7 Å². The van der Waals surface area contributed by atoms with E-state index in [0.29, 0.717) is 10.8 Å². The van der Waals surface area contributed by atoms with E-state index in [2.05, 4.69) is 31.5 Å². The number of hydrogen-bond donors (Lipinski definition) is 2. The first-order chi connectivity index (χ1) is 14.7. The van der Waals surface area contributed by atoms with Gasteiger partial charge in [0.1, 0.15) is 6.04 Å². The van der Waals surface area contributed by atoms with Crippen molar-refractivity contribution in [1.82, 2.24) is 14.3 Å². The lowest BCUT2D eigenvalue weighted by Gasteiger charge is -2.16. The van der Waals surface area contributed by atoms with Gasteiger partial charge in [-0.2, -0.15) is 0 Å². The van der Waals surface area contributed by atoms with E-state index in [1.165, 1.54) is 36.9 Å². The van der Waals surface area contributed by atoms with Gasteiger partial charge < -0.3 is 15.4 Å². The number of methoxy groups -OCH3 is 1. The van der Waals surface area contributed by atoms with E-state index in [4.69, 9.17) is 4.74 Å². The minimum absolute atomic E-state index is 0.0752. The zero-order valence-corrected chi connectivity index (χ0v) is 19.8. The highest BCUT2D eigenvalue weighted by Gasteiger charge is 2.23. The third-order valence-corrected chi connectivity index (χ3v) is 6.37. The van der Waals surface area contributed by atoms with Crippen LogP contribution in [0, 0.1) is 0 Å². The number of carbonyl (C=O) groups excluding carboxylic acids is 2. The van der Waals surface area contributed by atoms with Crippen LogP contribution in [0.25, 0.3) is 11.3 Å². The molecule has 1 unspecified atom stereocenters. The van der Waals surface area contributed by atoms with Crippen LogP contribution in [-0.2, 0) is 19.6 Å². The Morgan fingerprint density at radius 1 is 1.32 bits per heavy atom. The standard InChI is InChI=1S/C19H19BrN4O5S2/c1-29-10-15(21-17(25)13-6-7-24(9-13)31(2,27)28)18(26)23-19-22-16(11-30-19)12-4-3-5-14(20)8-12/h3-9,11,15H,10H2,1-2H3,(H,21,25)(H,22,23,26). The van der Waals surface area contributed by atoms with Crippen LogP contribution < -0.4 is 10.6 Å². The third kappa shape index (κ3) is 6.00. The van der Waals surface area contributed by atoms with Crippen molar-refractivity contribution >= 4 is 54.2 Å². The van der Waals surface area contributed by atoms with Gasteiger partial charge in [0.05, 0.1) is 24.1 Å². The topological polar surface area (TPSA) is 119 Å². The number of benzene rings is 1. The van der Waals surface area contributed by atoms with Crippen molar-refractivity contribution in [2.45, 2.75) is 6.04 Å². The number of nitrogens with one attached hydrogen (secondary N) is 2. The number of anilines is 1. The molecule has 31 heavy (non-hydrogen) atoms. The van der Waals surface area contributed by atoms with Crippen LogP contribution >= 0.6 is 27.3 Å². The summed E-state index contributed by atoms with van der Waals surface area (Å²) in [5.74, 6) is -1.11. The number of rotatable bonds is 8. The molecule has 0 spiro atoms. The van der Waals surface area contributed by atoms with Gasteiger partial charge in [-0.3, -0.25) is 13.6 Å². The molecule has 3 aromatic rings. The Labute approximate surface area is 191 Å². The summed E-state index contributed by atoms with van der Waals surface area (Å²) in [6, 6.07) is 7.96. The number of halogens is 1. The minimum Gasteiger partial charge on any atom is -0.382 e. The van der Waals surface area contributed by atoms with E-state index in [9.17, 15) is 18.0 Å². The van der Waals surface area contributed by atoms with Crippen LogP contribution in [0.2, 0.25) is 0 Å². The summed E-state index contributed by atoms with van der Waals surface area (Å²) in [7, 11) is -2.11. The van der Waals surface area contributed by atoms with E-state index in [-0.39, 0.29) is 12.2 Å². The maximum absolute atomic E-state index is 12.7. The largest absolute Gasteiger partial charge is 0.382 e. The molecule has 0 aliphatic rings. The first-order valence-electron chi connectivity index (χ1n) is 8.88. The maximum atomic E-state index is 12.7. The Kier molecular flexibility index (Phi) is 7.26. The first kappa shape index (κ1) is 23.1. The summed E-state index contributed by atoms with van der Waals surface area (Å²) >= 11 is 4.67. The van der Waals surface area contributed by atoms with Crippen LogP contribution in [0.3, 0.4) is 0 Å². The van der Waals surface area contributed by atoms with Crippen molar-refractivity contribution in [3.05, 3.63) is 58.1 Å². The zero-order chi connectivity index (χ0) is 22.6. The fraction of sp³-hybridized carbons (Fsp3) is 0.211. The van der Waals surface area contributed by atoms with E-state index >= 15 is 0 Å². The van der Waals surface area contributed by atoms with Crippen molar-refractivity contribution in [3.63, 3.8) is 0 Å². The minimum atomic E-state index is -3.51. The van der Waals surface area contributed by atoms with Gasteiger partial charge in [-0.05, 0) is 18.2 Å². The number of amides is 2. The van der Waals surface area contributed by atoms with Gasteiger partial charge >= 0.3 is 0 Å². The third-order valence-electron chi connectivity index (χ3n) is 4.12. The average molecular weight is 527 g/mol. The van der Waals surface area contributed by atoms with E-state index < -0.39 is 27.9 Å². The molecule has 1 atom stereocenters. The maximum Gasteiger partial charge on any atom is 0.253 e. The van der Waals surface area contributed by atoms with Gasteiger partial charge in [-0.1, -0.05) is 28.1 Å². The summed E-state index contributed by atoms with van der Waals surface area (Å²) < 4.78 is 30.0. The first-order valence-corrected chi connectivity index (χ1v) is 12.4. The highest BCUT2D eigenvalue weighted by Crippen LogP contribution is 2.27. The molecule has 2 N–H and O–H groups in total. The molecule has 0 radical (unpaired) electrons. The highest BCUT2D eigenvalue weighted by atomic mass is 79.9. The molecule has 0 saturated heterocycles. The van der Waals surface area contributed by atoms with E-state index in [0.717, 1.165) is 20.3 Å². The molecule has 0 fully saturated rings. The van der Waals surface area contributed by atoms with Crippen molar-refractivity contribution in [2.75, 3.05) is 25.3 Å². The lowest BCUT2D eigenvalue weighted by Crippen LogP contribution is -2.46. The molecule has 2 heterocycles. The predicted molar refractivity (Wildman–Crippen MR) is 122 cm³/mol.